The summed E-state index contributed by atoms with van der Waals surface area (Å²) >= 11 is 0. The van der Waals surface area contributed by atoms with Gasteiger partial charge < -0.3 is 15.0 Å². The van der Waals surface area contributed by atoms with Crippen molar-refractivity contribution in [3.63, 3.8) is 0 Å². The fourth-order valence-electron chi connectivity index (χ4n) is 3.67. The van der Waals surface area contributed by atoms with E-state index in [0.29, 0.717) is 24.0 Å². The number of nitrogens with two attached hydrogens (primary N) is 1. The summed E-state index contributed by atoms with van der Waals surface area (Å²) in [6.07, 6.45) is 14.1. The Morgan fingerprint density at radius 2 is 1.63 bits per heavy atom. The average molecular weight is 410 g/mol. The lowest BCUT2D eigenvalue weighted by Gasteiger charge is -2.08. The second kappa shape index (κ2) is 12.2. The van der Waals surface area contributed by atoms with Crippen molar-refractivity contribution < 1.29 is 4.74 Å². The predicted octanol–water partition coefficient (Wildman–Crippen LogP) is 5.56. The van der Waals surface area contributed by atoms with Crippen LogP contribution in [0.2, 0.25) is 0 Å². The van der Waals surface area contributed by atoms with Gasteiger partial charge in [-0.15, -0.1) is 0 Å². The van der Waals surface area contributed by atoms with Gasteiger partial charge in [0, 0.05) is 6.54 Å². The average Bonchev–Trinajstić information content (AvgIpc) is 3.17. The van der Waals surface area contributed by atoms with Crippen molar-refractivity contribution in [1.29, 1.82) is 0 Å². The first-order chi connectivity index (χ1) is 14.8. The molecule has 0 aliphatic heterocycles. The van der Waals surface area contributed by atoms with Gasteiger partial charge in [-0.25, -0.2) is 4.98 Å². The molecule has 6 nitrogen and oxygen atoms in total. The highest BCUT2D eigenvalue weighted by Crippen LogP contribution is 2.20. The normalized spacial score (nSPS) is 11.2. The van der Waals surface area contributed by atoms with E-state index in [-0.39, 0.29) is 0 Å². The summed E-state index contributed by atoms with van der Waals surface area (Å²) in [4.78, 5) is 13.3. The summed E-state index contributed by atoms with van der Waals surface area (Å²) in [5.74, 6) is 0.382. The summed E-state index contributed by atoms with van der Waals surface area (Å²) in [7, 11) is 0. The molecule has 3 aromatic rings. The van der Waals surface area contributed by atoms with Gasteiger partial charge in [-0.1, -0.05) is 82.2 Å². The van der Waals surface area contributed by atoms with Crippen molar-refractivity contribution in [2.75, 3.05) is 12.3 Å². The molecule has 0 saturated carbocycles. The van der Waals surface area contributed by atoms with Gasteiger partial charge in [0.2, 0.25) is 0 Å². The molecule has 0 saturated heterocycles. The van der Waals surface area contributed by atoms with Crippen molar-refractivity contribution in [3.05, 3.63) is 42.2 Å². The number of ether oxygens (including phenoxy) is 1. The molecule has 3 rings (SSSR count). The minimum atomic E-state index is 0.339. The molecule has 1 aromatic carbocycles. The largest absolute Gasteiger partial charge is 0.463 e. The Balaban J connectivity index is 1.46. The van der Waals surface area contributed by atoms with Crippen molar-refractivity contribution in [3.8, 4) is 6.01 Å². The second-order valence-corrected chi connectivity index (χ2v) is 7.91. The van der Waals surface area contributed by atoms with Crippen LogP contribution in [0.3, 0.4) is 0 Å². The van der Waals surface area contributed by atoms with Crippen LogP contribution in [0.1, 0.15) is 70.3 Å². The van der Waals surface area contributed by atoms with Crippen molar-refractivity contribution >= 4 is 17.0 Å². The molecule has 30 heavy (non-hydrogen) atoms. The Morgan fingerprint density at radius 3 is 2.40 bits per heavy atom. The Bertz CT molecular complexity index is 878. The van der Waals surface area contributed by atoms with E-state index in [4.69, 9.17) is 10.5 Å². The van der Waals surface area contributed by atoms with E-state index in [1.54, 1.807) is 0 Å². The fraction of sp³-hybridized carbons (Fsp3) is 0.542. The highest BCUT2D eigenvalue weighted by molar-refractivity contribution is 5.81. The molecule has 2 aromatic heterocycles. The first kappa shape index (κ1) is 22.1. The van der Waals surface area contributed by atoms with Crippen LogP contribution in [0.4, 0.5) is 5.82 Å². The minimum Gasteiger partial charge on any atom is -0.463 e. The van der Waals surface area contributed by atoms with E-state index < -0.39 is 0 Å². The van der Waals surface area contributed by atoms with E-state index in [2.05, 4.69) is 50.7 Å². The molecule has 0 fully saturated rings. The molecule has 0 amide bonds. The Labute approximate surface area is 179 Å². The topological polar surface area (TPSA) is 78.9 Å². The number of nitrogen functional groups attached to an aromatic ring is 1. The maximum Gasteiger partial charge on any atom is 0.320 e. The van der Waals surface area contributed by atoms with Gasteiger partial charge in [-0.05, 0) is 24.8 Å². The van der Waals surface area contributed by atoms with E-state index in [0.717, 1.165) is 31.5 Å². The molecule has 0 radical (unpaired) electrons. The van der Waals surface area contributed by atoms with Crippen LogP contribution in [0.5, 0.6) is 6.01 Å². The molecule has 0 bridgehead atoms. The standard InChI is InChI=1S/C24H35N5O/c1-2-3-4-5-6-7-8-12-17-29-19-26-21-22(25)27-24(28-23(21)29)30-18-13-16-20-14-10-9-11-15-20/h9-11,14-15,19H,2-8,12-13,16-18H2,1H3,(H2,25,27,28). The van der Waals surface area contributed by atoms with Crippen molar-refractivity contribution in [2.24, 2.45) is 0 Å². The number of rotatable bonds is 14. The minimum absolute atomic E-state index is 0.339. The van der Waals surface area contributed by atoms with Gasteiger partial charge in [0.15, 0.2) is 11.5 Å². The fourth-order valence-corrected chi connectivity index (χ4v) is 3.67. The molecule has 0 aliphatic carbocycles. The number of hydrogen-bond donors (Lipinski definition) is 1. The highest BCUT2D eigenvalue weighted by Gasteiger charge is 2.12. The van der Waals surface area contributed by atoms with Gasteiger partial charge >= 0.3 is 6.01 Å². The van der Waals surface area contributed by atoms with E-state index in [1.165, 1.54) is 50.5 Å². The summed E-state index contributed by atoms with van der Waals surface area (Å²) in [5, 5.41) is 0. The number of aryl methyl sites for hydroxylation is 2. The third-order valence-electron chi connectivity index (χ3n) is 5.41. The number of benzene rings is 1. The van der Waals surface area contributed by atoms with Crippen LogP contribution in [0, 0.1) is 0 Å². The van der Waals surface area contributed by atoms with Gasteiger partial charge in [0.1, 0.15) is 5.52 Å². The van der Waals surface area contributed by atoms with Gasteiger partial charge in [0.25, 0.3) is 0 Å². The lowest BCUT2D eigenvalue weighted by molar-refractivity contribution is 0.288. The van der Waals surface area contributed by atoms with Crippen LogP contribution in [-0.4, -0.2) is 26.1 Å². The number of aromatic nitrogens is 4. The number of imidazole rings is 1. The molecule has 0 unspecified atom stereocenters. The summed E-state index contributed by atoms with van der Waals surface area (Å²) in [6, 6.07) is 10.7. The molecule has 6 heteroatoms. The monoisotopic (exact) mass is 409 g/mol. The SMILES string of the molecule is CCCCCCCCCCn1cnc2c(N)nc(OCCCc3ccccc3)nc21. The first-order valence-corrected chi connectivity index (χ1v) is 11.4. The van der Waals surface area contributed by atoms with Crippen LogP contribution >= 0.6 is 0 Å². The molecular weight excluding hydrogens is 374 g/mol. The second-order valence-electron chi connectivity index (χ2n) is 7.91. The van der Waals surface area contributed by atoms with E-state index in [9.17, 15) is 0 Å². The molecular formula is C24H35N5O. The van der Waals surface area contributed by atoms with Crippen molar-refractivity contribution in [2.45, 2.75) is 77.7 Å². The van der Waals surface area contributed by atoms with Crippen LogP contribution in [0.15, 0.2) is 36.7 Å². The quantitative estimate of drug-likeness (QED) is 0.353. The Kier molecular flexibility index (Phi) is 8.94. The van der Waals surface area contributed by atoms with Gasteiger partial charge in [0.05, 0.1) is 12.9 Å². The van der Waals surface area contributed by atoms with E-state index in [1.807, 2.05) is 12.4 Å². The number of unbranched alkanes of at least 4 members (excludes halogenated alkanes) is 7. The number of anilines is 1. The molecule has 0 aliphatic rings. The third kappa shape index (κ3) is 6.71. The molecule has 0 spiro atoms. The maximum atomic E-state index is 6.09. The lowest BCUT2D eigenvalue weighted by Crippen LogP contribution is -2.06. The summed E-state index contributed by atoms with van der Waals surface area (Å²) in [5.41, 5.74) is 8.82. The Hall–Kier alpha value is -2.63. The predicted molar refractivity (Wildman–Crippen MR) is 123 cm³/mol. The number of hydrogen-bond acceptors (Lipinski definition) is 5. The summed E-state index contributed by atoms with van der Waals surface area (Å²) < 4.78 is 7.86. The van der Waals surface area contributed by atoms with Crippen molar-refractivity contribution in [1.82, 2.24) is 19.5 Å². The zero-order valence-electron chi connectivity index (χ0n) is 18.2. The van der Waals surface area contributed by atoms with Crippen LogP contribution < -0.4 is 10.5 Å². The van der Waals surface area contributed by atoms with Crippen LogP contribution in [-0.2, 0) is 13.0 Å². The molecule has 2 N–H and O–H groups in total. The highest BCUT2D eigenvalue weighted by atomic mass is 16.5. The first-order valence-electron chi connectivity index (χ1n) is 11.4. The number of nitrogens with zero attached hydrogens (tertiary/aromatic N) is 4. The molecule has 0 atom stereocenters. The third-order valence-corrected chi connectivity index (χ3v) is 5.41. The van der Waals surface area contributed by atoms with Gasteiger partial charge in [-0.3, -0.25) is 0 Å². The Morgan fingerprint density at radius 1 is 0.900 bits per heavy atom. The van der Waals surface area contributed by atoms with E-state index >= 15 is 0 Å². The molecule has 2 heterocycles. The summed E-state index contributed by atoms with van der Waals surface area (Å²) in [6.45, 7) is 3.72. The van der Waals surface area contributed by atoms with Crippen LogP contribution in [0.25, 0.3) is 11.2 Å². The smallest absolute Gasteiger partial charge is 0.320 e. The lowest BCUT2D eigenvalue weighted by atomic mass is 10.1. The zero-order valence-corrected chi connectivity index (χ0v) is 18.2. The zero-order chi connectivity index (χ0) is 21.0. The number of fused-ring (bicyclic) bond motifs is 1. The van der Waals surface area contributed by atoms with Gasteiger partial charge in [-0.2, -0.15) is 9.97 Å². The molecule has 162 valence electrons. The maximum absolute atomic E-state index is 6.09.